The summed E-state index contributed by atoms with van der Waals surface area (Å²) in [6, 6.07) is 21.0. The topological polar surface area (TPSA) is 93.7 Å². The van der Waals surface area contributed by atoms with Gasteiger partial charge in [-0.05, 0) is 55.0 Å². The summed E-state index contributed by atoms with van der Waals surface area (Å²) in [4.78, 5) is 35.7. The standard InChI is InChI=1S/C25H24N2O5/c1-17-9-11-22(12-10-17)31-16-24(29)26-15-19-5-3-7-21(13-19)27-25(30)20-6-4-8-23(14-20)32-18(2)28/h3-14H,15-16H2,1-2H3,(H,26,29)(H,27,30). The first-order valence-corrected chi connectivity index (χ1v) is 10.0. The molecule has 2 amide bonds. The maximum absolute atomic E-state index is 12.5. The van der Waals surface area contributed by atoms with E-state index in [-0.39, 0.29) is 18.4 Å². The summed E-state index contributed by atoms with van der Waals surface area (Å²) in [5.41, 5.74) is 2.87. The Balaban J connectivity index is 1.52. The van der Waals surface area contributed by atoms with Gasteiger partial charge in [-0.25, -0.2) is 0 Å². The molecular formula is C25H24N2O5. The third-order valence-corrected chi connectivity index (χ3v) is 4.42. The molecule has 32 heavy (non-hydrogen) atoms. The quantitative estimate of drug-likeness (QED) is 0.416. The predicted molar refractivity (Wildman–Crippen MR) is 121 cm³/mol. The fraction of sp³-hybridized carbons (Fsp3) is 0.160. The number of carbonyl (C=O) groups is 3. The van der Waals surface area contributed by atoms with E-state index < -0.39 is 5.97 Å². The molecular weight excluding hydrogens is 408 g/mol. The first-order valence-electron chi connectivity index (χ1n) is 10.0. The Labute approximate surface area is 186 Å². The second kappa shape index (κ2) is 10.8. The lowest BCUT2D eigenvalue weighted by Gasteiger charge is -2.10. The van der Waals surface area contributed by atoms with Gasteiger partial charge < -0.3 is 20.1 Å². The number of hydrogen-bond donors (Lipinski definition) is 2. The van der Waals surface area contributed by atoms with E-state index in [0.29, 0.717) is 29.3 Å². The normalized spacial score (nSPS) is 10.2. The van der Waals surface area contributed by atoms with Crippen molar-refractivity contribution in [2.24, 2.45) is 0 Å². The van der Waals surface area contributed by atoms with E-state index in [1.807, 2.05) is 37.3 Å². The number of anilines is 1. The van der Waals surface area contributed by atoms with Gasteiger partial charge in [0.25, 0.3) is 11.8 Å². The third kappa shape index (κ3) is 6.98. The van der Waals surface area contributed by atoms with Gasteiger partial charge in [-0.2, -0.15) is 0 Å². The van der Waals surface area contributed by atoms with Crippen LogP contribution in [0.1, 0.15) is 28.4 Å². The lowest BCUT2D eigenvalue weighted by molar-refractivity contribution is -0.131. The van der Waals surface area contributed by atoms with Gasteiger partial charge in [0.05, 0.1) is 0 Å². The Morgan fingerprint density at radius 2 is 1.62 bits per heavy atom. The minimum atomic E-state index is -0.457. The highest BCUT2D eigenvalue weighted by molar-refractivity contribution is 6.04. The molecule has 3 aromatic rings. The van der Waals surface area contributed by atoms with Crippen LogP contribution in [0.5, 0.6) is 11.5 Å². The van der Waals surface area contributed by atoms with Crippen molar-refractivity contribution in [3.05, 3.63) is 89.5 Å². The van der Waals surface area contributed by atoms with Gasteiger partial charge in [-0.15, -0.1) is 0 Å². The Bertz CT molecular complexity index is 1110. The van der Waals surface area contributed by atoms with Crippen LogP contribution in [0.25, 0.3) is 0 Å². The molecule has 0 aliphatic carbocycles. The number of aryl methyl sites for hydroxylation is 1. The molecule has 0 saturated carbocycles. The first-order chi connectivity index (χ1) is 15.4. The number of nitrogens with one attached hydrogen (secondary N) is 2. The molecule has 2 N–H and O–H groups in total. The molecule has 0 aliphatic heterocycles. The van der Waals surface area contributed by atoms with Gasteiger partial charge in [-0.3, -0.25) is 14.4 Å². The number of hydrogen-bond acceptors (Lipinski definition) is 5. The zero-order chi connectivity index (χ0) is 22.9. The van der Waals surface area contributed by atoms with Crippen LogP contribution in [0, 0.1) is 6.92 Å². The molecule has 0 spiro atoms. The average Bonchev–Trinajstić information content (AvgIpc) is 2.77. The van der Waals surface area contributed by atoms with Crippen molar-refractivity contribution in [1.29, 1.82) is 0 Å². The Hall–Kier alpha value is -4.13. The van der Waals surface area contributed by atoms with E-state index >= 15 is 0 Å². The summed E-state index contributed by atoms with van der Waals surface area (Å²) in [6.07, 6.45) is 0. The third-order valence-electron chi connectivity index (χ3n) is 4.42. The maximum Gasteiger partial charge on any atom is 0.308 e. The Morgan fingerprint density at radius 1 is 0.875 bits per heavy atom. The van der Waals surface area contributed by atoms with E-state index in [1.54, 1.807) is 36.4 Å². The zero-order valence-corrected chi connectivity index (χ0v) is 17.9. The summed E-state index contributed by atoms with van der Waals surface area (Å²) in [5.74, 6) is -0.113. The summed E-state index contributed by atoms with van der Waals surface area (Å²) in [7, 11) is 0. The summed E-state index contributed by atoms with van der Waals surface area (Å²) < 4.78 is 10.5. The average molecular weight is 432 g/mol. The fourth-order valence-electron chi connectivity index (χ4n) is 2.86. The smallest absolute Gasteiger partial charge is 0.308 e. The molecule has 0 fully saturated rings. The van der Waals surface area contributed by atoms with Crippen molar-refractivity contribution in [1.82, 2.24) is 5.32 Å². The lowest BCUT2D eigenvalue weighted by Crippen LogP contribution is -2.28. The number of esters is 1. The summed E-state index contributed by atoms with van der Waals surface area (Å²) in [6.45, 7) is 3.48. The number of ether oxygens (including phenoxy) is 2. The van der Waals surface area contributed by atoms with Crippen molar-refractivity contribution in [2.75, 3.05) is 11.9 Å². The summed E-state index contributed by atoms with van der Waals surface area (Å²) in [5, 5.41) is 5.59. The van der Waals surface area contributed by atoms with Crippen LogP contribution >= 0.6 is 0 Å². The van der Waals surface area contributed by atoms with Crippen molar-refractivity contribution < 1.29 is 23.9 Å². The minimum Gasteiger partial charge on any atom is -0.484 e. The van der Waals surface area contributed by atoms with Crippen LogP contribution in [0.2, 0.25) is 0 Å². The van der Waals surface area contributed by atoms with Gasteiger partial charge in [0.15, 0.2) is 6.61 Å². The highest BCUT2D eigenvalue weighted by Crippen LogP contribution is 2.17. The van der Waals surface area contributed by atoms with Crippen molar-refractivity contribution in [3.63, 3.8) is 0 Å². The molecule has 0 heterocycles. The second-order valence-electron chi connectivity index (χ2n) is 7.15. The first kappa shape index (κ1) is 22.6. The molecule has 3 aromatic carbocycles. The van der Waals surface area contributed by atoms with Gasteiger partial charge in [0, 0.05) is 24.7 Å². The molecule has 7 heteroatoms. The number of carbonyl (C=O) groups excluding carboxylic acids is 3. The van der Waals surface area contributed by atoms with E-state index in [1.165, 1.54) is 13.0 Å². The lowest BCUT2D eigenvalue weighted by atomic mass is 10.1. The van der Waals surface area contributed by atoms with Crippen LogP contribution < -0.4 is 20.1 Å². The highest BCUT2D eigenvalue weighted by atomic mass is 16.5. The van der Waals surface area contributed by atoms with Gasteiger partial charge >= 0.3 is 5.97 Å². The molecule has 0 bridgehead atoms. The summed E-state index contributed by atoms with van der Waals surface area (Å²) >= 11 is 0. The van der Waals surface area contributed by atoms with Crippen LogP contribution in [-0.4, -0.2) is 24.4 Å². The van der Waals surface area contributed by atoms with Gasteiger partial charge in [-0.1, -0.05) is 35.9 Å². The van der Waals surface area contributed by atoms with E-state index in [0.717, 1.165) is 11.1 Å². The van der Waals surface area contributed by atoms with Crippen LogP contribution in [0.3, 0.4) is 0 Å². The minimum absolute atomic E-state index is 0.0852. The van der Waals surface area contributed by atoms with E-state index in [2.05, 4.69) is 10.6 Å². The Morgan fingerprint density at radius 3 is 2.38 bits per heavy atom. The molecule has 7 nitrogen and oxygen atoms in total. The maximum atomic E-state index is 12.5. The molecule has 0 radical (unpaired) electrons. The Kier molecular flexibility index (Phi) is 7.59. The van der Waals surface area contributed by atoms with Gasteiger partial charge in [0.1, 0.15) is 11.5 Å². The van der Waals surface area contributed by atoms with E-state index in [9.17, 15) is 14.4 Å². The monoisotopic (exact) mass is 432 g/mol. The number of benzene rings is 3. The molecule has 3 rings (SSSR count). The van der Waals surface area contributed by atoms with Crippen molar-refractivity contribution in [3.8, 4) is 11.5 Å². The highest BCUT2D eigenvalue weighted by Gasteiger charge is 2.09. The molecule has 0 saturated heterocycles. The van der Waals surface area contributed by atoms with Crippen LogP contribution in [0.15, 0.2) is 72.8 Å². The zero-order valence-electron chi connectivity index (χ0n) is 17.9. The molecule has 0 aliphatic rings. The molecule has 0 unspecified atom stereocenters. The largest absolute Gasteiger partial charge is 0.484 e. The number of amides is 2. The van der Waals surface area contributed by atoms with Crippen molar-refractivity contribution in [2.45, 2.75) is 20.4 Å². The van der Waals surface area contributed by atoms with Crippen LogP contribution in [0.4, 0.5) is 5.69 Å². The van der Waals surface area contributed by atoms with Crippen LogP contribution in [-0.2, 0) is 16.1 Å². The fourth-order valence-corrected chi connectivity index (χ4v) is 2.86. The number of rotatable bonds is 8. The van der Waals surface area contributed by atoms with E-state index in [4.69, 9.17) is 9.47 Å². The van der Waals surface area contributed by atoms with Gasteiger partial charge in [0.2, 0.25) is 0 Å². The predicted octanol–water partition coefficient (Wildman–Crippen LogP) is 3.87. The molecule has 0 atom stereocenters. The van der Waals surface area contributed by atoms with Crippen molar-refractivity contribution >= 4 is 23.5 Å². The molecule has 0 aromatic heterocycles. The molecule has 164 valence electrons. The second-order valence-corrected chi connectivity index (χ2v) is 7.15. The SMILES string of the molecule is CC(=O)Oc1cccc(C(=O)Nc2cccc(CNC(=O)COc3ccc(C)cc3)c2)c1.